The molecule has 3 nitrogen and oxygen atoms in total. The highest BCUT2D eigenvalue weighted by Crippen LogP contribution is 2.65. The van der Waals surface area contributed by atoms with Gasteiger partial charge in [0.15, 0.2) is 0 Å². The predicted molar refractivity (Wildman–Crippen MR) is 304 cm³/mol. The van der Waals surface area contributed by atoms with E-state index in [1.807, 2.05) is 0 Å². The molecule has 4 aliphatic rings. The number of fused-ring (bicyclic) bond motifs is 20. The van der Waals surface area contributed by atoms with Gasteiger partial charge in [0, 0.05) is 38.9 Å². The molecule has 0 N–H and O–H groups in total. The fourth-order valence-electron chi connectivity index (χ4n) is 13.7. The summed E-state index contributed by atoms with van der Waals surface area (Å²) < 4.78 is 13.6. The molecule has 0 aromatic heterocycles. The van der Waals surface area contributed by atoms with E-state index in [0.29, 0.717) is 0 Å². The molecule has 0 bridgehead atoms. The van der Waals surface area contributed by atoms with Crippen molar-refractivity contribution in [3.05, 3.63) is 317 Å². The van der Waals surface area contributed by atoms with Crippen LogP contribution in [0.5, 0.6) is 23.0 Å². The summed E-state index contributed by atoms with van der Waals surface area (Å²) in [5, 5.41) is 2.35. The molecule has 0 fully saturated rings. The Bertz CT molecular complexity index is 4230. The molecular weight excluding hydrogens is 911 g/mol. The Morgan fingerprint density at radius 3 is 1.32 bits per heavy atom. The average molecular weight is 956 g/mol. The second-order valence-corrected chi connectivity index (χ2v) is 20.2. The van der Waals surface area contributed by atoms with Crippen molar-refractivity contribution in [1.82, 2.24) is 0 Å². The van der Waals surface area contributed by atoms with Gasteiger partial charge in [0.25, 0.3) is 0 Å². The maximum Gasteiger partial charge on any atom is 0.132 e. The van der Waals surface area contributed by atoms with E-state index >= 15 is 0 Å². The monoisotopic (exact) mass is 955 g/mol. The second kappa shape index (κ2) is 15.9. The normalized spacial score (nSPS) is 14.0. The number of hydrogen-bond acceptors (Lipinski definition) is 3. The lowest BCUT2D eigenvalue weighted by molar-refractivity contribution is 0.436. The van der Waals surface area contributed by atoms with E-state index in [1.165, 1.54) is 61.0 Å². The van der Waals surface area contributed by atoms with E-state index in [9.17, 15) is 0 Å². The van der Waals surface area contributed by atoms with Crippen molar-refractivity contribution in [2.75, 3.05) is 4.90 Å². The first-order chi connectivity index (χ1) is 37.2. The summed E-state index contributed by atoms with van der Waals surface area (Å²) in [5.74, 6) is 3.51. The van der Waals surface area contributed by atoms with Crippen molar-refractivity contribution >= 4 is 27.8 Å². The van der Waals surface area contributed by atoms with Gasteiger partial charge in [-0.2, -0.15) is 0 Å². The van der Waals surface area contributed by atoms with Gasteiger partial charge in [-0.15, -0.1) is 0 Å². The van der Waals surface area contributed by atoms with Crippen LogP contribution in [0.2, 0.25) is 0 Å². The van der Waals surface area contributed by atoms with Crippen molar-refractivity contribution < 1.29 is 9.47 Å². The molecule has 0 atom stereocenters. The minimum absolute atomic E-state index is 0.645. The number of nitrogens with zero attached hydrogens (tertiary/aromatic N) is 1. The number of hydrogen-bond donors (Lipinski definition) is 0. The molecule has 0 unspecified atom stereocenters. The molecule has 0 saturated carbocycles. The lowest BCUT2D eigenvalue weighted by atomic mass is 9.65. The minimum Gasteiger partial charge on any atom is -0.457 e. The molecule has 2 aliphatic carbocycles. The van der Waals surface area contributed by atoms with Crippen molar-refractivity contribution in [1.29, 1.82) is 0 Å². The van der Waals surface area contributed by atoms with Crippen molar-refractivity contribution in [3.8, 4) is 67.5 Å². The smallest absolute Gasteiger partial charge is 0.132 e. The van der Waals surface area contributed by atoms with Crippen molar-refractivity contribution in [3.63, 3.8) is 0 Å². The highest BCUT2D eigenvalue weighted by atomic mass is 16.5. The molecule has 0 amide bonds. The molecule has 16 rings (SSSR count). The standard InChI is InChI=1S/C72H45NO2/c1-2-19-46(20-3-1)47-37-39-48(40-38-47)50-21-6-13-31-64(50)73(49-41-42-53-51-22-4-7-25-57(51)71(63(53)45-49)59-27-9-14-33-66(59)74-67-34-15-10-28-60(67)71)65-32-18-24-55-54(65)43-44-56-52-23-5-8-26-58(52)72(70(55)56)61-29-11-16-35-68(61)75-69-36-17-12-30-62(69)72/h1-45H. The lowest BCUT2D eigenvalue weighted by Gasteiger charge is -2.40. The molecular formula is C72H45NO2. The Labute approximate surface area is 435 Å². The van der Waals surface area contributed by atoms with Crippen LogP contribution in [0.15, 0.2) is 273 Å². The van der Waals surface area contributed by atoms with Gasteiger partial charge in [0.05, 0.1) is 22.2 Å². The van der Waals surface area contributed by atoms with Crippen LogP contribution in [-0.4, -0.2) is 0 Å². The molecule has 2 aliphatic heterocycles. The Morgan fingerprint density at radius 2 is 0.693 bits per heavy atom. The van der Waals surface area contributed by atoms with Crippen LogP contribution in [0.1, 0.15) is 44.5 Å². The first kappa shape index (κ1) is 41.9. The number of benzene rings is 12. The summed E-state index contributed by atoms with van der Waals surface area (Å²) in [4.78, 5) is 2.53. The van der Waals surface area contributed by atoms with Crippen LogP contribution < -0.4 is 14.4 Å². The Kier molecular flexibility index (Phi) is 8.88. The van der Waals surface area contributed by atoms with E-state index in [-0.39, 0.29) is 0 Å². The predicted octanol–water partition coefficient (Wildman–Crippen LogP) is 18.6. The largest absolute Gasteiger partial charge is 0.457 e. The zero-order valence-corrected chi connectivity index (χ0v) is 40.7. The SMILES string of the molecule is c1ccc(-c2ccc(-c3ccccc3N(c3ccc4c(c3)C3(c5ccccc5Oc5ccccc53)c3ccccc3-4)c3cccc4c5c(ccc34)-c3ccccc3C53c4ccccc4Oc4ccccc43)cc2)cc1. The third-order valence-electron chi connectivity index (χ3n) is 16.6. The zero-order chi connectivity index (χ0) is 49.2. The van der Waals surface area contributed by atoms with E-state index in [2.05, 4.69) is 278 Å². The van der Waals surface area contributed by atoms with Gasteiger partial charge >= 0.3 is 0 Å². The molecule has 3 heteroatoms. The zero-order valence-electron chi connectivity index (χ0n) is 40.7. The molecule has 12 aromatic carbocycles. The van der Waals surface area contributed by atoms with Crippen LogP contribution in [-0.2, 0) is 10.8 Å². The van der Waals surface area contributed by atoms with Crippen LogP contribution in [0, 0.1) is 0 Å². The van der Waals surface area contributed by atoms with Gasteiger partial charge in [-0.1, -0.05) is 224 Å². The Balaban J connectivity index is 0.990. The van der Waals surface area contributed by atoms with Gasteiger partial charge in [-0.3, -0.25) is 0 Å². The maximum absolute atomic E-state index is 6.81. The van der Waals surface area contributed by atoms with Crippen LogP contribution in [0.25, 0.3) is 55.3 Å². The van der Waals surface area contributed by atoms with Gasteiger partial charge in [-0.25, -0.2) is 0 Å². The molecule has 0 radical (unpaired) electrons. The van der Waals surface area contributed by atoms with Gasteiger partial charge in [0.2, 0.25) is 0 Å². The third-order valence-corrected chi connectivity index (χ3v) is 16.6. The topological polar surface area (TPSA) is 21.7 Å². The van der Waals surface area contributed by atoms with Gasteiger partial charge in [-0.05, 0) is 115 Å². The fourth-order valence-corrected chi connectivity index (χ4v) is 13.7. The second-order valence-electron chi connectivity index (χ2n) is 20.2. The lowest BCUT2D eigenvalue weighted by Crippen LogP contribution is -2.32. The summed E-state index contributed by atoms with van der Waals surface area (Å²) in [5.41, 5.74) is 21.1. The number of ether oxygens (including phenoxy) is 2. The quantitative estimate of drug-likeness (QED) is 0.172. The fraction of sp³-hybridized carbons (Fsp3) is 0.0278. The molecule has 350 valence electrons. The van der Waals surface area contributed by atoms with E-state index in [4.69, 9.17) is 9.47 Å². The van der Waals surface area contributed by atoms with Crippen LogP contribution >= 0.6 is 0 Å². The molecule has 2 heterocycles. The molecule has 2 spiro atoms. The van der Waals surface area contributed by atoms with Gasteiger partial charge in [0.1, 0.15) is 23.0 Å². The third kappa shape index (κ3) is 5.70. The summed E-state index contributed by atoms with van der Waals surface area (Å²) >= 11 is 0. The highest BCUT2D eigenvalue weighted by Gasteiger charge is 2.53. The number of rotatable bonds is 5. The van der Waals surface area contributed by atoms with Crippen LogP contribution in [0.3, 0.4) is 0 Å². The average Bonchev–Trinajstić information content (AvgIpc) is 4.03. The highest BCUT2D eigenvalue weighted by molar-refractivity contribution is 6.08. The molecule has 0 saturated heterocycles. The Hall–Kier alpha value is -9.70. The first-order valence-electron chi connectivity index (χ1n) is 25.9. The van der Waals surface area contributed by atoms with Crippen molar-refractivity contribution in [2.45, 2.75) is 10.8 Å². The van der Waals surface area contributed by atoms with E-state index in [0.717, 1.165) is 78.8 Å². The minimum atomic E-state index is -0.645. The van der Waals surface area contributed by atoms with E-state index in [1.54, 1.807) is 0 Å². The number of para-hydroxylation sites is 5. The Morgan fingerprint density at radius 1 is 0.253 bits per heavy atom. The van der Waals surface area contributed by atoms with Crippen molar-refractivity contribution in [2.24, 2.45) is 0 Å². The summed E-state index contributed by atoms with van der Waals surface area (Å²) in [6, 6.07) is 100. The molecule has 75 heavy (non-hydrogen) atoms. The maximum atomic E-state index is 6.81. The van der Waals surface area contributed by atoms with Gasteiger partial charge < -0.3 is 14.4 Å². The summed E-state index contributed by atoms with van der Waals surface area (Å²) in [6.07, 6.45) is 0. The van der Waals surface area contributed by atoms with E-state index < -0.39 is 10.8 Å². The number of anilines is 3. The van der Waals surface area contributed by atoms with Crippen LogP contribution in [0.4, 0.5) is 17.1 Å². The first-order valence-corrected chi connectivity index (χ1v) is 25.9. The summed E-state index contributed by atoms with van der Waals surface area (Å²) in [6.45, 7) is 0. The molecule has 12 aromatic rings. The summed E-state index contributed by atoms with van der Waals surface area (Å²) in [7, 11) is 0.